The van der Waals surface area contributed by atoms with Crippen LogP contribution in [0.2, 0.25) is 0 Å². The molecule has 2 N–H and O–H groups in total. The molecule has 10 nitrogen and oxygen atoms in total. The summed E-state index contributed by atoms with van der Waals surface area (Å²) >= 11 is 0. The van der Waals surface area contributed by atoms with E-state index in [9.17, 15) is 37.6 Å². The molecular weight excluding hydrogens is 401 g/mol. The summed E-state index contributed by atoms with van der Waals surface area (Å²) < 4.78 is 46.6. The van der Waals surface area contributed by atoms with Gasteiger partial charge in [-0.1, -0.05) is 0 Å². The van der Waals surface area contributed by atoms with Crippen LogP contribution in [-0.4, -0.2) is 72.3 Å². The van der Waals surface area contributed by atoms with Crippen LogP contribution in [0.1, 0.15) is 26.2 Å². The molecule has 0 aromatic carbocycles. The second-order valence-electron chi connectivity index (χ2n) is 6.46. The number of halogens is 3. The van der Waals surface area contributed by atoms with E-state index in [1.165, 1.54) is 13.0 Å². The van der Waals surface area contributed by atoms with Crippen molar-refractivity contribution in [1.82, 2.24) is 15.5 Å². The topological polar surface area (TPSA) is 138 Å². The third-order valence-electron chi connectivity index (χ3n) is 4.49. The van der Waals surface area contributed by atoms with E-state index >= 15 is 0 Å². The van der Waals surface area contributed by atoms with Crippen LogP contribution in [0.15, 0.2) is 0 Å². The lowest BCUT2D eigenvalue weighted by Crippen LogP contribution is -2.55. The number of ether oxygens (including phenoxy) is 2. The van der Waals surface area contributed by atoms with E-state index in [0.717, 1.165) is 4.90 Å². The van der Waals surface area contributed by atoms with Gasteiger partial charge < -0.3 is 20.1 Å². The molecule has 0 aliphatic carbocycles. The van der Waals surface area contributed by atoms with Crippen molar-refractivity contribution in [1.29, 1.82) is 5.26 Å². The van der Waals surface area contributed by atoms with Crippen LogP contribution in [0.4, 0.5) is 13.2 Å². The van der Waals surface area contributed by atoms with Gasteiger partial charge in [-0.3, -0.25) is 14.5 Å². The minimum Gasteiger partial charge on any atom is -0.459 e. The van der Waals surface area contributed by atoms with Crippen LogP contribution < -0.4 is 10.6 Å². The molecule has 2 heterocycles. The summed E-state index contributed by atoms with van der Waals surface area (Å²) in [5.74, 6) is -5.37. The first-order valence-electron chi connectivity index (χ1n) is 8.78. The van der Waals surface area contributed by atoms with E-state index < -0.39 is 47.7 Å². The summed E-state index contributed by atoms with van der Waals surface area (Å²) in [6.45, 7) is 1.57. The number of nitrogens with one attached hydrogen (secondary N) is 2. The molecule has 2 aliphatic rings. The van der Waals surface area contributed by atoms with E-state index in [1.54, 1.807) is 0 Å². The Hall–Kier alpha value is -2.88. The molecule has 2 rings (SSSR count). The van der Waals surface area contributed by atoms with Crippen molar-refractivity contribution in [2.45, 2.75) is 50.2 Å². The number of amides is 2. The fourth-order valence-electron chi connectivity index (χ4n) is 3.20. The number of rotatable bonds is 4. The van der Waals surface area contributed by atoms with Crippen LogP contribution >= 0.6 is 0 Å². The van der Waals surface area contributed by atoms with Crippen molar-refractivity contribution in [3.05, 3.63) is 0 Å². The van der Waals surface area contributed by atoms with Crippen LogP contribution in [0, 0.1) is 11.3 Å². The molecule has 0 spiro atoms. The third kappa shape index (κ3) is 4.94. The second kappa shape index (κ2) is 8.64. The number of hydrogen-bond acceptors (Lipinski definition) is 8. The number of nitrogens with zero attached hydrogens (tertiary/aromatic N) is 2. The van der Waals surface area contributed by atoms with Gasteiger partial charge in [-0.2, -0.15) is 18.4 Å². The summed E-state index contributed by atoms with van der Waals surface area (Å²) in [4.78, 5) is 47.8. The number of hydrogen-bond donors (Lipinski definition) is 2. The van der Waals surface area contributed by atoms with Gasteiger partial charge in [0.1, 0.15) is 6.07 Å². The summed E-state index contributed by atoms with van der Waals surface area (Å²) in [5.41, 5.74) is -2.35. The Labute approximate surface area is 163 Å². The van der Waals surface area contributed by atoms with Gasteiger partial charge in [0.25, 0.3) is 5.72 Å². The lowest BCUT2D eigenvalue weighted by molar-refractivity contribution is -0.219. The summed E-state index contributed by atoms with van der Waals surface area (Å²) in [7, 11) is 0. The standard InChI is InChI=1S/C16H19F3N4O6/c1-2-28-13(26)11(24)22-9-6-10(21-7-9)12(25)23-5-3-4-15(23,8-20)29-14(27)16(17,18)19/h9-10,21H,2-7H2,1H3,(H,22,24)/t9-,10-,15-/m0/s1. The van der Waals surface area contributed by atoms with Gasteiger partial charge in [0.15, 0.2) is 0 Å². The smallest absolute Gasteiger partial charge is 0.459 e. The number of likely N-dealkylation sites (tertiary alicyclic amines) is 1. The van der Waals surface area contributed by atoms with E-state index in [2.05, 4.69) is 20.1 Å². The predicted molar refractivity (Wildman–Crippen MR) is 86.4 cm³/mol. The average Bonchev–Trinajstić information content (AvgIpc) is 3.28. The molecular formula is C16H19F3N4O6. The number of carbonyl (C=O) groups is 4. The monoisotopic (exact) mass is 420 g/mol. The highest BCUT2D eigenvalue weighted by Crippen LogP contribution is 2.34. The molecule has 0 aromatic rings. The maximum atomic E-state index is 12.8. The Balaban J connectivity index is 2.04. The largest absolute Gasteiger partial charge is 0.491 e. The number of nitriles is 1. The molecule has 0 radical (unpaired) electrons. The molecule has 3 atom stereocenters. The predicted octanol–water partition coefficient (Wildman–Crippen LogP) is -0.656. The molecule has 2 amide bonds. The van der Waals surface area contributed by atoms with Gasteiger partial charge in [0, 0.05) is 25.6 Å². The van der Waals surface area contributed by atoms with Gasteiger partial charge in [-0.25, -0.2) is 9.59 Å². The minimum atomic E-state index is -5.31. The van der Waals surface area contributed by atoms with Crippen LogP contribution in [0.25, 0.3) is 0 Å². The fraction of sp³-hybridized carbons (Fsp3) is 0.688. The quantitative estimate of drug-likeness (QED) is 0.452. The van der Waals surface area contributed by atoms with Gasteiger partial charge in [-0.15, -0.1) is 0 Å². The number of alkyl halides is 3. The maximum Gasteiger partial charge on any atom is 0.491 e. The molecule has 0 saturated carbocycles. The zero-order valence-electron chi connectivity index (χ0n) is 15.4. The van der Waals surface area contributed by atoms with Gasteiger partial charge >= 0.3 is 24.0 Å². The van der Waals surface area contributed by atoms with Gasteiger partial charge in [0.2, 0.25) is 5.91 Å². The summed E-state index contributed by atoms with van der Waals surface area (Å²) in [6.07, 6.45) is -5.38. The molecule has 2 aliphatic heterocycles. The zero-order chi connectivity index (χ0) is 21.8. The van der Waals surface area contributed by atoms with Crippen molar-refractivity contribution >= 4 is 23.8 Å². The average molecular weight is 420 g/mol. The van der Waals surface area contributed by atoms with Crippen LogP contribution in [0.5, 0.6) is 0 Å². The maximum absolute atomic E-state index is 12.8. The number of carbonyl (C=O) groups excluding carboxylic acids is 4. The van der Waals surface area contributed by atoms with Crippen molar-refractivity contribution in [3.8, 4) is 6.07 Å². The van der Waals surface area contributed by atoms with Crippen LogP contribution in [0.3, 0.4) is 0 Å². The first-order valence-corrected chi connectivity index (χ1v) is 8.78. The first-order chi connectivity index (χ1) is 13.5. The van der Waals surface area contributed by atoms with Crippen molar-refractivity contribution in [3.63, 3.8) is 0 Å². The molecule has 0 bridgehead atoms. The Bertz CT molecular complexity index is 737. The summed E-state index contributed by atoms with van der Waals surface area (Å²) in [5, 5.41) is 14.5. The van der Waals surface area contributed by atoms with Crippen molar-refractivity contribution in [2.75, 3.05) is 19.7 Å². The SMILES string of the molecule is CCOC(=O)C(=O)N[C@@H]1CN[C@H](C(=O)N2CCC[C@@]2(C#N)OC(=O)C(F)(F)F)C1. The van der Waals surface area contributed by atoms with Gasteiger partial charge in [-0.05, 0) is 19.8 Å². The summed E-state index contributed by atoms with van der Waals surface area (Å²) in [6, 6.07) is -0.0490. The van der Waals surface area contributed by atoms with E-state index in [-0.39, 0.29) is 39.0 Å². The zero-order valence-corrected chi connectivity index (χ0v) is 15.4. The van der Waals surface area contributed by atoms with E-state index in [1.807, 2.05) is 0 Å². The van der Waals surface area contributed by atoms with E-state index in [4.69, 9.17) is 0 Å². The Morgan fingerprint density at radius 1 is 1.34 bits per heavy atom. The molecule has 2 saturated heterocycles. The van der Waals surface area contributed by atoms with Crippen LogP contribution in [-0.2, 0) is 28.7 Å². The lowest BCUT2D eigenvalue weighted by atomic mass is 10.1. The first kappa shape index (κ1) is 22.4. The lowest BCUT2D eigenvalue weighted by Gasteiger charge is -2.33. The Morgan fingerprint density at radius 3 is 2.62 bits per heavy atom. The highest BCUT2D eigenvalue weighted by molar-refractivity contribution is 6.32. The third-order valence-corrected chi connectivity index (χ3v) is 4.49. The van der Waals surface area contributed by atoms with Crippen molar-refractivity contribution < 1.29 is 41.8 Å². The molecule has 13 heteroatoms. The minimum absolute atomic E-state index is 0.0120. The fourth-order valence-corrected chi connectivity index (χ4v) is 3.20. The highest BCUT2D eigenvalue weighted by Gasteiger charge is 2.54. The molecule has 29 heavy (non-hydrogen) atoms. The Kier molecular flexibility index (Phi) is 6.68. The second-order valence-corrected chi connectivity index (χ2v) is 6.46. The molecule has 0 aromatic heterocycles. The van der Waals surface area contributed by atoms with Gasteiger partial charge in [0.05, 0.1) is 12.6 Å². The highest BCUT2D eigenvalue weighted by atomic mass is 19.4. The number of esters is 2. The Morgan fingerprint density at radius 2 is 2.03 bits per heavy atom. The molecule has 0 unspecified atom stereocenters. The van der Waals surface area contributed by atoms with E-state index in [0.29, 0.717) is 0 Å². The normalized spacial score (nSPS) is 26.5. The molecule has 160 valence electrons. The molecule has 2 fully saturated rings. The van der Waals surface area contributed by atoms with Crippen molar-refractivity contribution in [2.24, 2.45) is 0 Å².